The van der Waals surface area contributed by atoms with E-state index in [4.69, 9.17) is 0 Å². The van der Waals surface area contributed by atoms with Crippen LogP contribution in [0.25, 0.3) is 0 Å². The van der Waals surface area contributed by atoms with Crippen molar-refractivity contribution in [3.8, 4) is 0 Å². The lowest BCUT2D eigenvalue weighted by atomic mass is 10.2. The lowest BCUT2D eigenvalue weighted by Crippen LogP contribution is -2.13. The van der Waals surface area contributed by atoms with Crippen molar-refractivity contribution in [1.82, 2.24) is 19.3 Å². The molecule has 0 aliphatic heterocycles. The summed E-state index contributed by atoms with van der Waals surface area (Å²) in [5.41, 5.74) is 4.61. The van der Waals surface area contributed by atoms with Gasteiger partial charge in [-0.3, -0.25) is 4.68 Å². The molecule has 0 amide bonds. The van der Waals surface area contributed by atoms with Crippen molar-refractivity contribution in [2.75, 3.05) is 11.9 Å². The van der Waals surface area contributed by atoms with Crippen molar-refractivity contribution in [3.63, 3.8) is 0 Å². The van der Waals surface area contributed by atoms with Crippen LogP contribution in [0.15, 0.2) is 6.20 Å². The second kappa shape index (κ2) is 5.69. The third-order valence-corrected chi connectivity index (χ3v) is 3.55. The Morgan fingerprint density at radius 3 is 2.50 bits per heavy atom. The molecule has 2 rings (SSSR count). The zero-order chi connectivity index (χ0) is 14.9. The van der Waals surface area contributed by atoms with Crippen LogP contribution in [0.2, 0.25) is 0 Å². The van der Waals surface area contributed by atoms with Crippen molar-refractivity contribution < 1.29 is 0 Å². The van der Waals surface area contributed by atoms with Gasteiger partial charge in [0.15, 0.2) is 0 Å². The van der Waals surface area contributed by atoms with E-state index in [1.807, 2.05) is 18.7 Å². The largest absolute Gasteiger partial charge is 0.355 e. The van der Waals surface area contributed by atoms with E-state index in [-0.39, 0.29) is 0 Å². The molecular formula is C15H25N5. The van der Waals surface area contributed by atoms with Crippen LogP contribution in [-0.2, 0) is 13.6 Å². The first-order chi connectivity index (χ1) is 9.38. The third-order valence-electron chi connectivity index (χ3n) is 3.55. The monoisotopic (exact) mass is 275 g/mol. The summed E-state index contributed by atoms with van der Waals surface area (Å²) in [7, 11) is 1.99. The maximum Gasteiger partial charge on any atom is 0.203 e. The van der Waals surface area contributed by atoms with E-state index in [0.717, 1.165) is 30.4 Å². The molecule has 1 N–H and O–H groups in total. The zero-order valence-electron chi connectivity index (χ0n) is 13.4. The van der Waals surface area contributed by atoms with Gasteiger partial charge in [0.25, 0.3) is 0 Å². The molecule has 5 heteroatoms. The number of hydrogen-bond donors (Lipinski definition) is 1. The predicted molar refractivity (Wildman–Crippen MR) is 82.1 cm³/mol. The molecule has 0 radical (unpaired) electrons. The highest BCUT2D eigenvalue weighted by Gasteiger charge is 2.13. The Hall–Kier alpha value is -1.78. The quantitative estimate of drug-likeness (QED) is 0.912. The first kappa shape index (κ1) is 14.6. The predicted octanol–water partition coefficient (Wildman–Crippen LogP) is 2.66. The summed E-state index contributed by atoms with van der Waals surface area (Å²) >= 11 is 0. The number of hydrogen-bond acceptors (Lipinski definition) is 3. The van der Waals surface area contributed by atoms with Crippen LogP contribution < -0.4 is 5.32 Å². The average Bonchev–Trinajstić information content (AvgIpc) is 2.82. The molecule has 0 aliphatic carbocycles. The fourth-order valence-electron chi connectivity index (χ4n) is 2.32. The van der Waals surface area contributed by atoms with E-state index in [0.29, 0.717) is 5.92 Å². The maximum absolute atomic E-state index is 4.57. The van der Waals surface area contributed by atoms with Gasteiger partial charge >= 0.3 is 0 Å². The molecular weight excluding hydrogens is 250 g/mol. The normalized spacial score (nSPS) is 11.3. The molecule has 2 heterocycles. The number of anilines is 1. The van der Waals surface area contributed by atoms with Crippen LogP contribution >= 0.6 is 0 Å². The van der Waals surface area contributed by atoms with Crippen LogP contribution in [0.3, 0.4) is 0 Å². The molecule has 0 saturated heterocycles. The number of imidazole rings is 1. The third kappa shape index (κ3) is 3.03. The molecule has 0 unspecified atom stereocenters. The Bertz CT molecular complexity index is 592. The summed E-state index contributed by atoms with van der Waals surface area (Å²) in [6, 6.07) is 0. The average molecular weight is 275 g/mol. The SMILES string of the molecule is Cc1cn(Cc2c(C)nn(C)c2C)c(NCC(C)C)n1. The Labute approximate surface area is 121 Å². The standard InChI is InChI=1S/C15H25N5/c1-10(2)7-16-15-17-11(3)8-20(15)9-14-12(4)18-19(6)13(14)5/h8,10H,7,9H2,1-6H3,(H,16,17). The minimum atomic E-state index is 0.599. The van der Waals surface area contributed by atoms with E-state index >= 15 is 0 Å². The summed E-state index contributed by atoms with van der Waals surface area (Å²) < 4.78 is 4.12. The molecule has 0 aromatic carbocycles. The van der Waals surface area contributed by atoms with Crippen molar-refractivity contribution in [1.29, 1.82) is 0 Å². The van der Waals surface area contributed by atoms with Gasteiger partial charge in [-0.25, -0.2) is 4.98 Å². The first-order valence-corrected chi connectivity index (χ1v) is 7.15. The summed E-state index contributed by atoms with van der Waals surface area (Å²) in [5, 5.41) is 7.90. The number of aryl methyl sites for hydroxylation is 3. The lowest BCUT2D eigenvalue weighted by molar-refractivity contribution is 0.675. The van der Waals surface area contributed by atoms with E-state index in [1.165, 1.54) is 11.3 Å². The van der Waals surface area contributed by atoms with Crippen molar-refractivity contribution in [2.45, 2.75) is 41.2 Å². The second-order valence-corrected chi connectivity index (χ2v) is 5.88. The molecule has 20 heavy (non-hydrogen) atoms. The van der Waals surface area contributed by atoms with Crippen molar-refractivity contribution in [3.05, 3.63) is 28.8 Å². The minimum Gasteiger partial charge on any atom is -0.355 e. The van der Waals surface area contributed by atoms with Gasteiger partial charge in [0.1, 0.15) is 0 Å². The number of aromatic nitrogens is 4. The molecule has 0 saturated carbocycles. The van der Waals surface area contributed by atoms with E-state index in [9.17, 15) is 0 Å². The number of nitrogens with one attached hydrogen (secondary N) is 1. The van der Waals surface area contributed by atoms with Gasteiger partial charge in [-0.1, -0.05) is 13.8 Å². The number of nitrogens with zero attached hydrogens (tertiary/aromatic N) is 4. The molecule has 0 aliphatic rings. The molecule has 0 bridgehead atoms. The molecule has 5 nitrogen and oxygen atoms in total. The first-order valence-electron chi connectivity index (χ1n) is 7.15. The molecule has 0 atom stereocenters. The van der Waals surface area contributed by atoms with Crippen LogP contribution in [0.5, 0.6) is 0 Å². The highest BCUT2D eigenvalue weighted by Crippen LogP contribution is 2.17. The van der Waals surface area contributed by atoms with Gasteiger partial charge in [-0.15, -0.1) is 0 Å². The van der Waals surface area contributed by atoms with Crippen LogP contribution in [0, 0.1) is 26.7 Å². The summed E-state index contributed by atoms with van der Waals surface area (Å²) in [4.78, 5) is 4.57. The second-order valence-electron chi connectivity index (χ2n) is 5.88. The summed E-state index contributed by atoms with van der Waals surface area (Å²) in [5.74, 6) is 1.54. The highest BCUT2D eigenvalue weighted by molar-refractivity contribution is 5.32. The lowest BCUT2D eigenvalue weighted by Gasteiger charge is -2.11. The topological polar surface area (TPSA) is 47.7 Å². The van der Waals surface area contributed by atoms with Gasteiger partial charge in [-0.2, -0.15) is 5.10 Å². The Kier molecular flexibility index (Phi) is 4.16. The summed E-state index contributed by atoms with van der Waals surface area (Å²) in [6.45, 7) is 12.3. The Morgan fingerprint density at radius 2 is 1.95 bits per heavy atom. The number of rotatable bonds is 5. The highest BCUT2D eigenvalue weighted by atomic mass is 15.3. The fourth-order valence-corrected chi connectivity index (χ4v) is 2.32. The van der Waals surface area contributed by atoms with Crippen LogP contribution in [-0.4, -0.2) is 25.9 Å². The molecule has 0 spiro atoms. The van der Waals surface area contributed by atoms with E-state index < -0.39 is 0 Å². The van der Waals surface area contributed by atoms with Gasteiger partial charge < -0.3 is 9.88 Å². The van der Waals surface area contributed by atoms with Gasteiger partial charge in [-0.05, 0) is 26.7 Å². The molecule has 2 aromatic heterocycles. The van der Waals surface area contributed by atoms with E-state index in [2.05, 4.69) is 53.9 Å². The minimum absolute atomic E-state index is 0.599. The van der Waals surface area contributed by atoms with Gasteiger partial charge in [0, 0.05) is 31.0 Å². The summed E-state index contributed by atoms with van der Waals surface area (Å²) in [6.07, 6.45) is 2.09. The van der Waals surface area contributed by atoms with Gasteiger partial charge in [0.05, 0.1) is 17.9 Å². The molecule has 0 fully saturated rings. The molecule has 110 valence electrons. The van der Waals surface area contributed by atoms with Gasteiger partial charge in [0.2, 0.25) is 5.95 Å². The Balaban J connectivity index is 2.24. The van der Waals surface area contributed by atoms with Crippen LogP contribution in [0.4, 0.5) is 5.95 Å². The maximum atomic E-state index is 4.57. The molecule has 2 aromatic rings. The fraction of sp³-hybridized carbons (Fsp3) is 0.600. The smallest absolute Gasteiger partial charge is 0.203 e. The Morgan fingerprint density at radius 1 is 1.25 bits per heavy atom. The van der Waals surface area contributed by atoms with Crippen molar-refractivity contribution in [2.24, 2.45) is 13.0 Å². The van der Waals surface area contributed by atoms with E-state index in [1.54, 1.807) is 0 Å². The van der Waals surface area contributed by atoms with Crippen LogP contribution in [0.1, 0.15) is 36.5 Å². The van der Waals surface area contributed by atoms with Crippen molar-refractivity contribution >= 4 is 5.95 Å². The zero-order valence-corrected chi connectivity index (χ0v) is 13.4.